The molecule has 0 spiro atoms. The molecule has 6 heteroatoms. The van der Waals surface area contributed by atoms with Gasteiger partial charge in [-0.15, -0.1) is 5.10 Å². The van der Waals surface area contributed by atoms with Crippen molar-refractivity contribution in [1.82, 2.24) is 15.2 Å². The Bertz CT molecular complexity index is 589. The second kappa shape index (κ2) is 5.60. The first-order valence-electron chi connectivity index (χ1n) is 6.09. The average Bonchev–Trinajstić information content (AvgIpc) is 2.41. The molecule has 0 aliphatic rings. The van der Waals surface area contributed by atoms with Crippen LogP contribution in [0.2, 0.25) is 0 Å². The largest absolute Gasteiger partial charge is 0.420 e. The number of rotatable bonds is 4. The zero-order valence-corrected chi connectivity index (χ0v) is 10.9. The molecule has 2 rings (SSSR count). The second-order valence-corrected chi connectivity index (χ2v) is 3.99. The van der Waals surface area contributed by atoms with Crippen molar-refractivity contribution in [3.63, 3.8) is 0 Å². The van der Waals surface area contributed by atoms with Crippen molar-refractivity contribution in [3.8, 4) is 11.8 Å². The third-order valence-corrected chi connectivity index (χ3v) is 2.65. The lowest BCUT2D eigenvalue weighted by atomic mass is 10.2. The van der Waals surface area contributed by atoms with E-state index in [4.69, 9.17) is 10.5 Å². The summed E-state index contributed by atoms with van der Waals surface area (Å²) in [7, 11) is 0. The number of benzene rings is 1. The average molecular weight is 262 g/mol. The van der Waals surface area contributed by atoms with Crippen molar-refractivity contribution in [2.75, 3.05) is 5.73 Å². The summed E-state index contributed by atoms with van der Waals surface area (Å²) in [6, 6.07) is 4.21. The minimum absolute atomic E-state index is 0.0299. The number of ether oxygens (including phenoxy) is 1. The number of hydrogen-bond acceptors (Lipinski definition) is 5. The summed E-state index contributed by atoms with van der Waals surface area (Å²) < 4.78 is 18.9. The number of halogens is 1. The first-order valence-corrected chi connectivity index (χ1v) is 6.09. The van der Waals surface area contributed by atoms with Crippen LogP contribution in [0.15, 0.2) is 18.2 Å². The summed E-state index contributed by atoms with van der Waals surface area (Å²) >= 11 is 0. The molecule has 1 aromatic carbocycles. The standard InChI is InChI=1S/C13H15FN4O/c1-3-10-11(4-2)17-18-13(16-10)19-12-6-5-8(15)7-9(12)14/h5-7H,3-4,15H2,1-2H3. The van der Waals surface area contributed by atoms with Gasteiger partial charge in [0.25, 0.3) is 0 Å². The summed E-state index contributed by atoms with van der Waals surface area (Å²) in [6.45, 7) is 3.95. The predicted molar refractivity (Wildman–Crippen MR) is 69.5 cm³/mol. The molecule has 0 atom stereocenters. The molecular weight excluding hydrogens is 247 g/mol. The number of nitrogen functional groups attached to an aromatic ring is 1. The Morgan fingerprint density at radius 2 is 1.89 bits per heavy atom. The quantitative estimate of drug-likeness (QED) is 0.857. The maximum atomic E-state index is 13.6. The van der Waals surface area contributed by atoms with Crippen molar-refractivity contribution < 1.29 is 9.13 Å². The lowest BCUT2D eigenvalue weighted by Gasteiger charge is -2.07. The van der Waals surface area contributed by atoms with E-state index in [1.165, 1.54) is 12.1 Å². The SMILES string of the molecule is CCc1nnc(Oc2ccc(N)cc2F)nc1CC. The van der Waals surface area contributed by atoms with E-state index in [1.54, 1.807) is 6.07 Å². The van der Waals surface area contributed by atoms with E-state index in [2.05, 4.69) is 15.2 Å². The van der Waals surface area contributed by atoms with Gasteiger partial charge in [0, 0.05) is 11.8 Å². The van der Waals surface area contributed by atoms with Crippen LogP contribution in [0.3, 0.4) is 0 Å². The molecule has 0 saturated carbocycles. The van der Waals surface area contributed by atoms with Crippen molar-refractivity contribution in [1.29, 1.82) is 0 Å². The van der Waals surface area contributed by atoms with Gasteiger partial charge in [-0.05, 0) is 25.0 Å². The number of nitrogens with two attached hydrogens (primary N) is 1. The van der Waals surface area contributed by atoms with Gasteiger partial charge in [-0.1, -0.05) is 18.9 Å². The van der Waals surface area contributed by atoms with Crippen LogP contribution in [0.4, 0.5) is 10.1 Å². The fourth-order valence-electron chi connectivity index (χ4n) is 1.66. The van der Waals surface area contributed by atoms with Crippen molar-refractivity contribution in [3.05, 3.63) is 35.4 Å². The molecule has 5 nitrogen and oxygen atoms in total. The molecule has 0 fully saturated rings. The fourth-order valence-corrected chi connectivity index (χ4v) is 1.66. The molecule has 0 unspecified atom stereocenters. The van der Waals surface area contributed by atoms with Crippen LogP contribution >= 0.6 is 0 Å². The van der Waals surface area contributed by atoms with E-state index in [9.17, 15) is 4.39 Å². The van der Waals surface area contributed by atoms with Crippen LogP contribution in [0.25, 0.3) is 0 Å². The van der Waals surface area contributed by atoms with Gasteiger partial charge in [-0.3, -0.25) is 0 Å². The van der Waals surface area contributed by atoms with Crippen LogP contribution in [0.5, 0.6) is 11.8 Å². The third kappa shape index (κ3) is 2.96. The highest BCUT2D eigenvalue weighted by Crippen LogP contribution is 2.23. The van der Waals surface area contributed by atoms with Crippen LogP contribution in [-0.2, 0) is 12.8 Å². The molecule has 0 bridgehead atoms. The molecule has 0 saturated heterocycles. The Labute approximate surface area is 110 Å². The molecule has 2 aromatic rings. The van der Waals surface area contributed by atoms with Gasteiger partial charge < -0.3 is 10.5 Å². The van der Waals surface area contributed by atoms with Crippen LogP contribution in [0, 0.1) is 5.82 Å². The minimum Gasteiger partial charge on any atom is -0.420 e. The van der Waals surface area contributed by atoms with Gasteiger partial charge in [-0.25, -0.2) is 4.39 Å². The molecule has 2 N–H and O–H groups in total. The first kappa shape index (κ1) is 13.2. The normalized spacial score (nSPS) is 10.5. The van der Waals surface area contributed by atoms with E-state index in [-0.39, 0.29) is 11.8 Å². The number of aromatic nitrogens is 3. The maximum Gasteiger partial charge on any atom is 0.341 e. The van der Waals surface area contributed by atoms with E-state index in [1.807, 2.05) is 13.8 Å². The smallest absolute Gasteiger partial charge is 0.341 e. The van der Waals surface area contributed by atoms with Gasteiger partial charge in [0.1, 0.15) is 0 Å². The number of nitrogens with zero attached hydrogens (tertiary/aromatic N) is 3. The van der Waals surface area contributed by atoms with E-state index < -0.39 is 5.82 Å². The van der Waals surface area contributed by atoms with Gasteiger partial charge >= 0.3 is 6.01 Å². The third-order valence-electron chi connectivity index (χ3n) is 2.65. The number of aryl methyl sites for hydroxylation is 2. The molecule has 1 aromatic heterocycles. The maximum absolute atomic E-state index is 13.6. The Kier molecular flexibility index (Phi) is 3.89. The monoisotopic (exact) mass is 262 g/mol. The lowest BCUT2D eigenvalue weighted by molar-refractivity contribution is 0.401. The second-order valence-electron chi connectivity index (χ2n) is 3.99. The first-order chi connectivity index (χ1) is 9.13. The lowest BCUT2D eigenvalue weighted by Crippen LogP contribution is -2.05. The Morgan fingerprint density at radius 3 is 2.53 bits per heavy atom. The molecule has 19 heavy (non-hydrogen) atoms. The van der Waals surface area contributed by atoms with Crippen LogP contribution < -0.4 is 10.5 Å². The van der Waals surface area contributed by atoms with E-state index in [0.717, 1.165) is 24.2 Å². The molecule has 1 heterocycles. The molecule has 0 amide bonds. The molecule has 100 valence electrons. The van der Waals surface area contributed by atoms with Crippen molar-refractivity contribution in [2.24, 2.45) is 0 Å². The highest BCUT2D eigenvalue weighted by atomic mass is 19.1. The van der Waals surface area contributed by atoms with Crippen LogP contribution in [0.1, 0.15) is 25.2 Å². The van der Waals surface area contributed by atoms with Crippen molar-refractivity contribution in [2.45, 2.75) is 26.7 Å². The Balaban J connectivity index is 2.28. The summed E-state index contributed by atoms with van der Waals surface area (Å²) in [5.41, 5.74) is 7.43. The highest BCUT2D eigenvalue weighted by molar-refractivity contribution is 5.43. The summed E-state index contributed by atoms with van der Waals surface area (Å²) in [6.07, 6.45) is 1.47. The van der Waals surface area contributed by atoms with Gasteiger partial charge in [0.15, 0.2) is 11.6 Å². The highest BCUT2D eigenvalue weighted by Gasteiger charge is 2.10. The Hall–Kier alpha value is -2.24. The van der Waals surface area contributed by atoms with Gasteiger partial charge in [0.2, 0.25) is 0 Å². The predicted octanol–water partition coefficient (Wildman–Crippen LogP) is 2.51. The van der Waals surface area contributed by atoms with E-state index in [0.29, 0.717) is 5.69 Å². The van der Waals surface area contributed by atoms with Gasteiger partial charge in [-0.2, -0.15) is 4.98 Å². The molecule has 0 radical (unpaired) electrons. The summed E-state index contributed by atoms with van der Waals surface area (Å²) in [5, 5.41) is 7.86. The number of hydrogen-bond donors (Lipinski definition) is 1. The zero-order chi connectivity index (χ0) is 13.8. The summed E-state index contributed by atoms with van der Waals surface area (Å²) in [4.78, 5) is 4.23. The van der Waals surface area contributed by atoms with Gasteiger partial charge in [0.05, 0.1) is 11.4 Å². The van der Waals surface area contributed by atoms with Crippen LogP contribution in [-0.4, -0.2) is 15.2 Å². The molecular formula is C13H15FN4O. The zero-order valence-electron chi connectivity index (χ0n) is 10.9. The molecule has 0 aliphatic carbocycles. The van der Waals surface area contributed by atoms with E-state index >= 15 is 0 Å². The number of anilines is 1. The minimum atomic E-state index is -0.554. The summed E-state index contributed by atoms with van der Waals surface area (Å²) in [5.74, 6) is -0.525. The fraction of sp³-hybridized carbons (Fsp3) is 0.308. The van der Waals surface area contributed by atoms with Crippen molar-refractivity contribution >= 4 is 5.69 Å². The molecule has 0 aliphatic heterocycles. The topological polar surface area (TPSA) is 73.9 Å². The Morgan fingerprint density at radius 1 is 1.16 bits per heavy atom.